The summed E-state index contributed by atoms with van der Waals surface area (Å²) >= 11 is 1.31. The first kappa shape index (κ1) is 11.5. The highest BCUT2D eigenvalue weighted by Crippen LogP contribution is 2.19. The highest BCUT2D eigenvalue weighted by Gasteiger charge is 2.12. The molecule has 0 aliphatic carbocycles. The molecule has 6 nitrogen and oxygen atoms in total. The fourth-order valence-corrected chi connectivity index (χ4v) is 1.83. The van der Waals surface area contributed by atoms with Crippen LogP contribution in [0.25, 0.3) is 0 Å². The van der Waals surface area contributed by atoms with Gasteiger partial charge in [0, 0.05) is 18.1 Å². The first-order chi connectivity index (χ1) is 8.20. The fraction of sp³-hybridized carbons (Fsp3) is 0.100. The van der Waals surface area contributed by atoms with Crippen molar-refractivity contribution in [2.24, 2.45) is 5.73 Å². The average molecular weight is 250 g/mol. The van der Waals surface area contributed by atoms with Crippen LogP contribution < -0.4 is 11.1 Å². The first-order valence-electron chi connectivity index (χ1n) is 4.80. The van der Waals surface area contributed by atoms with Gasteiger partial charge in [0.25, 0.3) is 5.91 Å². The van der Waals surface area contributed by atoms with E-state index in [1.165, 1.54) is 23.6 Å². The molecule has 1 amide bonds. The molecular weight excluding hydrogens is 240 g/mol. The summed E-state index contributed by atoms with van der Waals surface area (Å²) in [6, 6.07) is 3.01. The molecule has 0 saturated heterocycles. The minimum absolute atomic E-state index is 0.0878. The standard InChI is InChI=1S/C10H10N4O2S/c11-4-8-13-6(5-17-8)10(16)14-9-7(15)2-1-3-12-9/h1-3,5,15H,4,11H2,(H,12,14,16). The van der Waals surface area contributed by atoms with Crippen molar-refractivity contribution in [2.45, 2.75) is 6.54 Å². The monoisotopic (exact) mass is 250 g/mol. The van der Waals surface area contributed by atoms with Crippen molar-refractivity contribution in [2.75, 3.05) is 5.32 Å². The molecule has 2 aromatic heterocycles. The molecule has 2 aromatic rings. The van der Waals surface area contributed by atoms with Gasteiger partial charge in [-0.3, -0.25) is 4.79 Å². The number of aromatic hydroxyl groups is 1. The molecular formula is C10H10N4O2S. The summed E-state index contributed by atoms with van der Waals surface area (Å²) in [4.78, 5) is 19.6. The van der Waals surface area contributed by atoms with Crippen molar-refractivity contribution in [3.63, 3.8) is 0 Å². The predicted molar refractivity (Wildman–Crippen MR) is 63.9 cm³/mol. The second kappa shape index (κ2) is 4.89. The summed E-state index contributed by atoms with van der Waals surface area (Å²) in [5.74, 6) is -0.398. The van der Waals surface area contributed by atoms with E-state index in [1.807, 2.05) is 0 Å². The zero-order valence-corrected chi connectivity index (χ0v) is 9.57. The number of rotatable bonds is 3. The third kappa shape index (κ3) is 2.58. The second-order valence-electron chi connectivity index (χ2n) is 3.16. The Kier molecular flexibility index (Phi) is 3.31. The van der Waals surface area contributed by atoms with Crippen LogP contribution in [0.1, 0.15) is 15.5 Å². The summed E-state index contributed by atoms with van der Waals surface area (Å²) in [6.07, 6.45) is 1.47. The third-order valence-electron chi connectivity index (χ3n) is 1.98. The van der Waals surface area contributed by atoms with Gasteiger partial charge in [-0.05, 0) is 12.1 Å². The second-order valence-corrected chi connectivity index (χ2v) is 4.10. The molecule has 0 fully saturated rings. The number of nitrogens with one attached hydrogen (secondary N) is 1. The van der Waals surface area contributed by atoms with Crippen LogP contribution in [0.2, 0.25) is 0 Å². The molecule has 0 unspecified atom stereocenters. The van der Waals surface area contributed by atoms with E-state index in [0.29, 0.717) is 11.6 Å². The minimum atomic E-state index is -0.421. The number of thiazole rings is 1. The summed E-state index contributed by atoms with van der Waals surface area (Å²) < 4.78 is 0. The van der Waals surface area contributed by atoms with Gasteiger partial charge >= 0.3 is 0 Å². The number of nitrogens with two attached hydrogens (primary N) is 1. The molecule has 0 bridgehead atoms. The van der Waals surface area contributed by atoms with E-state index >= 15 is 0 Å². The van der Waals surface area contributed by atoms with Gasteiger partial charge in [-0.15, -0.1) is 11.3 Å². The molecule has 17 heavy (non-hydrogen) atoms. The van der Waals surface area contributed by atoms with E-state index in [1.54, 1.807) is 11.4 Å². The molecule has 2 rings (SSSR count). The Hall–Kier alpha value is -1.99. The van der Waals surface area contributed by atoms with Crippen LogP contribution in [0.5, 0.6) is 5.75 Å². The lowest BCUT2D eigenvalue weighted by Crippen LogP contribution is -2.13. The topological polar surface area (TPSA) is 101 Å². The molecule has 88 valence electrons. The molecule has 0 atom stereocenters. The Labute approximate surface area is 101 Å². The Morgan fingerprint density at radius 2 is 2.41 bits per heavy atom. The van der Waals surface area contributed by atoms with Gasteiger partial charge < -0.3 is 16.2 Å². The van der Waals surface area contributed by atoms with E-state index in [0.717, 1.165) is 0 Å². The maximum Gasteiger partial charge on any atom is 0.276 e. The smallest absolute Gasteiger partial charge is 0.276 e. The number of amides is 1. The van der Waals surface area contributed by atoms with Crippen molar-refractivity contribution in [1.82, 2.24) is 9.97 Å². The van der Waals surface area contributed by atoms with Crippen LogP contribution in [0.4, 0.5) is 5.82 Å². The van der Waals surface area contributed by atoms with Crippen LogP contribution in [-0.2, 0) is 6.54 Å². The van der Waals surface area contributed by atoms with Crippen LogP contribution >= 0.6 is 11.3 Å². The molecule has 0 aliphatic heterocycles. The number of carbonyl (C=O) groups excluding carboxylic acids is 1. The lowest BCUT2D eigenvalue weighted by atomic mass is 10.4. The fourth-order valence-electron chi connectivity index (χ4n) is 1.17. The molecule has 0 aromatic carbocycles. The average Bonchev–Trinajstić information content (AvgIpc) is 2.81. The van der Waals surface area contributed by atoms with Crippen LogP contribution in [-0.4, -0.2) is 21.0 Å². The lowest BCUT2D eigenvalue weighted by molar-refractivity contribution is 0.102. The number of carbonyl (C=O) groups is 1. The van der Waals surface area contributed by atoms with Gasteiger partial charge in [-0.2, -0.15) is 0 Å². The van der Waals surface area contributed by atoms with Gasteiger partial charge in [0.2, 0.25) is 0 Å². The van der Waals surface area contributed by atoms with E-state index in [4.69, 9.17) is 5.73 Å². The highest BCUT2D eigenvalue weighted by molar-refractivity contribution is 7.09. The normalized spacial score (nSPS) is 10.2. The van der Waals surface area contributed by atoms with Gasteiger partial charge in [-0.1, -0.05) is 0 Å². The Balaban J connectivity index is 2.14. The number of hydrogen-bond donors (Lipinski definition) is 3. The quantitative estimate of drug-likeness (QED) is 0.753. The molecule has 0 saturated carbocycles. The molecule has 7 heteroatoms. The molecule has 0 aliphatic rings. The van der Waals surface area contributed by atoms with Crippen molar-refractivity contribution in [1.29, 1.82) is 0 Å². The van der Waals surface area contributed by atoms with Crippen LogP contribution in [0.15, 0.2) is 23.7 Å². The van der Waals surface area contributed by atoms with Crippen molar-refractivity contribution >= 4 is 23.1 Å². The number of pyridine rings is 1. The minimum Gasteiger partial charge on any atom is -0.504 e. The lowest BCUT2D eigenvalue weighted by Gasteiger charge is -2.03. The molecule has 2 heterocycles. The molecule has 0 spiro atoms. The zero-order chi connectivity index (χ0) is 12.3. The number of hydrogen-bond acceptors (Lipinski definition) is 6. The summed E-state index contributed by atoms with van der Waals surface area (Å²) in [6.45, 7) is 0.298. The largest absolute Gasteiger partial charge is 0.504 e. The van der Waals surface area contributed by atoms with Gasteiger partial charge in [-0.25, -0.2) is 9.97 Å². The van der Waals surface area contributed by atoms with E-state index < -0.39 is 5.91 Å². The van der Waals surface area contributed by atoms with Gasteiger partial charge in [0.15, 0.2) is 11.6 Å². The van der Waals surface area contributed by atoms with Crippen LogP contribution in [0, 0.1) is 0 Å². The highest BCUT2D eigenvalue weighted by atomic mass is 32.1. The predicted octanol–water partition coefficient (Wildman–Crippen LogP) is 0.955. The number of anilines is 1. The molecule has 0 radical (unpaired) electrons. The van der Waals surface area contributed by atoms with Crippen molar-refractivity contribution < 1.29 is 9.90 Å². The van der Waals surface area contributed by atoms with E-state index in [2.05, 4.69) is 15.3 Å². The molecule has 4 N–H and O–H groups in total. The Morgan fingerprint density at radius 3 is 3.06 bits per heavy atom. The SMILES string of the molecule is NCc1nc(C(=O)Nc2ncccc2O)cs1. The maximum atomic E-state index is 11.7. The van der Waals surface area contributed by atoms with Crippen molar-refractivity contribution in [3.8, 4) is 5.75 Å². The number of nitrogens with zero attached hydrogens (tertiary/aromatic N) is 2. The van der Waals surface area contributed by atoms with Gasteiger partial charge in [0.05, 0.1) is 0 Å². The van der Waals surface area contributed by atoms with E-state index in [9.17, 15) is 9.90 Å². The third-order valence-corrected chi connectivity index (χ3v) is 2.85. The first-order valence-corrected chi connectivity index (χ1v) is 5.68. The van der Waals surface area contributed by atoms with Crippen LogP contribution in [0.3, 0.4) is 0 Å². The summed E-state index contributed by atoms with van der Waals surface area (Å²) in [5, 5.41) is 14.2. The Morgan fingerprint density at radius 1 is 1.59 bits per heavy atom. The summed E-state index contributed by atoms with van der Waals surface area (Å²) in [5.41, 5.74) is 5.67. The zero-order valence-electron chi connectivity index (χ0n) is 8.75. The van der Waals surface area contributed by atoms with Gasteiger partial charge in [0.1, 0.15) is 10.7 Å². The number of aromatic nitrogens is 2. The summed E-state index contributed by atoms with van der Waals surface area (Å²) in [7, 11) is 0. The Bertz CT molecular complexity index is 541. The maximum absolute atomic E-state index is 11.7. The van der Waals surface area contributed by atoms with Crippen molar-refractivity contribution in [3.05, 3.63) is 34.4 Å². The van der Waals surface area contributed by atoms with E-state index in [-0.39, 0.29) is 17.3 Å².